The van der Waals surface area contributed by atoms with Crippen LogP contribution >= 0.6 is 23.2 Å². The minimum atomic E-state index is -0.414. The summed E-state index contributed by atoms with van der Waals surface area (Å²) in [6, 6.07) is 2.65. The number of hydrogen-bond acceptors (Lipinski definition) is 2. The topological polar surface area (TPSA) is 38.0 Å². The van der Waals surface area contributed by atoms with Crippen LogP contribution in [0.4, 0.5) is 4.39 Å². The second-order valence-corrected chi connectivity index (χ2v) is 2.99. The van der Waals surface area contributed by atoms with Gasteiger partial charge in [-0.2, -0.15) is 0 Å². The zero-order chi connectivity index (χ0) is 9.14. The van der Waals surface area contributed by atoms with Crippen LogP contribution in [0.25, 0.3) is 0 Å². The summed E-state index contributed by atoms with van der Waals surface area (Å²) in [6.07, 6.45) is 0. The van der Waals surface area contributed by atoms with E-state index in [1.807, 2.05) is 0 Å². The van der Waals surface area contributed by atoms with Crippen molar-refractivity contribution in [3.63, 3.8) is 0 Å². The number of hydrazine groups is 1. The average Bonchev–Trinajstić information content (AvgIpc) is 2.06. The Kier molecular flexibility index (Phi) is 3.29. The van der Waals surface area contributed by atoms with Crippen LogP contribution in [0.15, 0.2) is 12.1 Å². The standard InChI is InChI=1S/C7H7Cl2FN2/c8-5-1-2-6(10)4(3-12-11)7(5)9/h1-2,12H,3,11H2. The lowest BCUT2D eigenvalue weighted by Gasteiger charge is -2.05. The highest BCUT2D eigenvalue weighted by atomic mass is 35.5. The van der Waals surface area contributed by atoms with E-state index in [9.17, 15) is 4.39 Å². The first-order valence-corrected chi connectivity index (χ1v) is 3.98. The van der Waals surface area contributed by atoms with Crippen molar-refractivity contribution >= 4 is 23.2 Å². The van der Waals surface area contributed by atoms with Gasteiger partial charge in [-0.1, -0.05) is 23.2 Å². The van der Waals surface area contributed by atoms with Crippen LogP contribution in [0, 0.1) is 5.82 Å². The van der Waals surface area contributed by atoms with Crippen LogP contribution in [0.3, 0.4) is 0 Å². The van der Waals surface area contributed by atoms with Gasteiger partial charge in [-0.25, -0.2) is 4.39 Å². The molecule has 3 N–H and O–H groups in total. The van der Waals surface area contributed by atoms with Crippen molar-refractivity contribution < 1.29 is 4.39 Å². The molecule has 0 aliphatic carbocycles. The van der Waals surface area contributed by atoms with E-state index in [0.717, 1.165) is 0 Å². The summed E-state index contributed by atoms with van der Waals surface area (Å²) in [7, 11) is 0. The van der Waals surface area contributed by atoms with Crippen molar-refractivity contribution in [1.82, 2.24) is 5.43 Å². The van der Waals surface area contributed by atoms with E-state index in [1.54, 1.807) is 0 Å². The summed E-state index contributed by atoms with van der Waals surface area (Å²) in [5.74, 6) is 4.62. The lowest BCUT2D eigenvalue weighted by atomic mass is 10.2. The molecule has 0 unspecified atom stereocenters. The third-order valence-electron chi connectivity index (χ3n) is 1.42. The second kappa shape index (κ2) is 4.05. The van der Waals surface area contributed by atoms with Gasteiger partial charge >= 0.3 is 0 Å². The summed E-state index contributed by atoms with van der Waals surface area (Å²) >= 11 is 11.4. The van der Waals surface area contributed by atoms with Crippen molar-refractivity contribution in [2.24, 2.45) is 5.84 Å². The molecule has 0 fully saturated rings. The van der Waals surface area contributed by atoms with Crippen LogP contribution in [0.2, 0.25) is 10.0 Å². The van der Waals surface area contributed by atoms with Gasteiger partial charge in [-0.15, -0.1) is 0 Å². The Morgan fingerprint density at radius 1 is 1.42 bits per heavy atom. The lowest BCUT2D eigenvalue weighted by Crippen LogP contribution is -2.21. The summed E-state index contributed by atoms with van der Waals surface area (Å²) in [4.78, 5) is 0. The van der Waals surface area contributed by atoms with Gasteiger partial charge < -0.3 is 0 Å². The maximum atomic E-state index is 13.0. The summed E-state index contributed by atoms with van der Waals surface area (Å²) in [5.41, 5.74) is 2.59. The highest BCUT2D eigenvalue weighted by Gasteiger charge is 2.09. The van der Waals surface area contributed by atoms with E-state index in [4.69, 9.17) is 29.0 Å². The molecule has 1 aromatic carbocycles. The number of benzene rings is 1. The van der Waals surface area contributed by atoms with Crippen LogP contribution in [-0.4, -0.2) is 0 Å². The van der Waals surface area contributed by atoms with Crippen LogP contribution in [-0.2, 0) is 6.54 Å². The van der Waals surface area contributed by atoms with Crippen molar-refractivity contribution in [1.29, 1.82) is 0 Å². The SMILES string of the molecule is NNCc1c(F)ccc(Cl)c1Cl. The van der Waals surface area contributed by atoms with Crippen molar-refractivity contribution in [3.8, 4) is 0 Å². The number of nitrogens with one attached hydrogen (secondary N) is 1. The van der Waals surface area contributed by atoms with Crippen LogP contribution in [0.1, 0.15) is 5.56 Å². The van der Waals surface area contributed by atoms with Gasteiger partial charge in [0.15, 0.2) is 0 Å². The zero-order valence-electron chi connectivity index (χ0n) is 6.07. The fraction of sp³-hybridized carbons (Fsp3) is 0.143. The molecular weight excluding hydrogens is 202 g/mol. The van der Waals surface area contributed by atoms with E-state index in [0.29, 0.717) is 5.02 Å². The Morgan fingerprint density at radius 2 is 2.08 bits per heavy atom. The van der Waals surface area contributed by atoms with Crippen molar-refractivity contribution in [2.75, 3.05) is 0 Å². The predicted octanol–water partition coefficient (Wildman–Crippen LogP) is 2.10. The largest absolute Gasteiger partial charge is 0.271 e. The fourth-order valence-electron chi connectivity index (χ4n) is 0.833. The smallest absolute Gasteiger partial charge is 0.129 e. The van der Waals surface area contributed by atoms with Gasteiger partial charge in [0.05, 0.1) is 10.0 Å². The molecule has 0 saturated carbocycles. The Balaban J connectivity index is 3.14. The minimum Gasteiger partial charge on any atom is -0.271 e. The molecule has 0 aliphatic rings. The molecule has 1 aromatic rings. The van der Waals surface area contributed by atoms with E-state index < -0.39 is 5.82 Å². The molecule has 0 bridgehead atoms. The third-order valence-corrected chi connectivity index (χ3v) is 2.26. The monoisotopic (exact) mass is 208 g/mol. The summed E-state index contributed by atoms with van der Waals surface area (Å²) in [5, 5.41) is 0.526. The van der Waals surface area contributed by atoms with Gasteiger partial charge in [0.2, 0.25) is 0 Å². The summed E-state index contributed by atoms with van der Waals surface area (Å²) < 4.78 is 13.0. The highest BCUT2D eigenvalue weighted by molar-refractivity contribution is 6.42. The maximum absolute atomic E-state index is 13.0. The molecule has 0 atom stereocenters. The number of nitrogens with two attached hydrogens (primary N) is 1. The lowest BCUT2D eigenvalue weighted by molar-refractivity contribution is 0.594. The average molecular weight is 209 g/mol. The highest BCUT2D eigenvalue weighted by Crippen LogP contribution is 2.27. The molecule has 0 radical (unpaired) electrons. The quantitative estimate of drug-likeness (QED) is 0.444. The second-order valence-electron chi connectivity index (χ2n) is 2.20. The zero-order valence-corrected chi connectivity index (χ0v) is 7.58. The molecule has 66 valence electrons. The normalized spacial score (nSPS) is 10.3. The number of hydrogen-bond donors (Lipinski definition) is 2. The Morgan fingerprint density at radius 3 is 2.67 bits per heavy atom. The molecule has 0 heterocycles. The van der Waals surface area contributed by atoms with Crippen LogP contribution < -0.4 is 11.3 Å². The molecule has 0 spiro atoms. The minimum absolute atomic E-state index is 0.158. The third kappa shape index (κ3) is 1.87. The predicted molar refractivity (Wildman–Crippen MR) is 47.4 cm³/mol. The molecule has 0 saturated heterocycles. The number of rotatable bonds is 2. The molecular formula is C7H7Cl2FN2. The molecule has 2 nitrogen and oxygen atoms in total. The molecule has 0 aliphatic heterocycles. The van der Waals surface area contributed by atoms with Gasteiger partial charge in [-0.3, -0.25) is 11.3 Å². The number of halogens is 3. The summed E-state index contributed by atoms with van der Waals surface area (Å²) in [6.45, 7) is 0.158. The Bertz CT molecular complexity index is 291. The maximum Gasteiger partial charge on any atom is 0.129 e. The van der Waals surface area contributed by atoms with Gasteiger partial charge in [0.1, 0.15) is 5.82 Å². The molecule has 12 heavy (non-hydrogen) atoms. The van der Waals surface area contributed by atoms with Gasteiger partial charge in [-0.05, 0) is 12.1 Å². The Labute approximate surface area is 79.4 Å². The molecule has 1 rings (SSSR count). The first kappa shape index (κ1) is 9.74. The van der Waals surface area contributed by atoms with E-state index >= 15 is 0 Å². The van der Waals surface area contributed by atoms with E-state index in [-0.39, 0.29) is 17.1 Å². The molecule has 0 amide bonds. The van der Waals surface area contributed by atoms with Crippen LogP contribution in [0.5, 0.6) is 0 Å². The molecule has 0 aromatic heterocycles. The van der Waals surface area contributed by atoms with E-state index in [2.05, 4.69) is 5.43 Å². The first-order valence-electron chi connectivity index (χ1n) is 3.22. The van der Waals surface area contributed by atoms with E-state index in [1.165, 1.54) is 12.1 Å². The molecule has 5 heteroatoms. The Hall–Kier alpha value is -0.350. The van der Waals surface area contributed by atoms with Gasteiger partial charge in [0.25, 0.3) is 0 Å². The fourth-order valence-corrected chi connectivity index (χ4v) is 1.23. The van der Waals surface area contributed by atoms with Gasteiger partial charge in [0, 0.05) is 12.1 Å². The van der Waals surface area contributed by atoms with Crippen molar-refractivity contribution in [3.05, 3.63) is 33.6 Å². The van der Waals surface area contributed by atoms with Crippen molar-refractivity contribution in [2.45, 2.75) is 6.54 Å². The first-order chi connectivity index (χ1) is 5.66.